The Morgan fingerprint density at radius 3 is 2.41 bits per heavy atom. The van der Waals surface area contributed by atoms with E-state index in [0.29, 0.717) is 31.1 Å². The van der Waals surface area contributed by atoms with Crippen LogP contribution in [0.1, 0.15) is 13.8 Å². The zero-order chi connectivity index (χ0) is 12.9. The van der Waals surface area contributed by atoms with Crippen LogP contribution in [0.25, 0.3) is 0 Å². The fraction of sp³-hybridized carbons (Fsp3) is 0.500. The van der Waals surface area contributed by atoms with Gasteiger partial charge in [0.2, 0.25) is 10.0 Å². The first kappa shape index (κ1) is 14.2. The van der Waals surface area contributed by atoms with Gasteiger partial charge in [-0.1, -0.05) is 24.8 Å². The quantitative estimate of drug-likeness (QED) is 0.770. The molecule has 5 heteroatoms. The molecule has 0 spiro atoms. The molecule has 96 valence electrons. The van der Waals surface area contributed by atoms with E-state index in [1.165, 1.54) is 4.31 Å². The minimum Gasteiger partial charge on any atom is -0.314 e. The highest BCUT2D eigenvalue weighted by Crippen LogP contribution is 2.21. The second-order valence-electron chi connectivity index (χ2n) is 3.89. The summed E-state index contributed by atoms with van der Waals surface area (Å²) in [4.78, 5) is 0.374. The van der Waals surface area contributed by atoms with Crippen molar-refractivity contribution in [2.75, 3.05) is 26.2 Å². The Bertz CT molecular complexity index is 429. The number of piperazine rings is 1. The number of allylic oxidation sites excluding steroid dienone is 4. The second-order valence-corrected chi connectivity index (χ2v) is 5.80. The van der Waals surface area contributed by atoms with Crippen LogP contribution in [0.4, 0.5) is 0 Å². The summed E-state index contributed by atoms with van der Waals surface area (Å²) in [6, 6.07) is 0. The average Bonchev–Trinajstić information content (AvgIpc) is 2.31. The van der Waals surface area contributed by atoms with Crippen LogP contribution in [0.5, 0.6) is 0 Å². The standard InChI is InChI=1S/C12H20N2O2S/c1-4-6-11(3)12(5-2)17(15,16)14-9-7-13-8-10-14/h4-6,13H,1,7-10H2,2-3H3/b11-6+,12-5+. The van der Waals surface area contributed by atoms with Crippen molar-refractivity contribution in [1.82, 2.24) is 9.62 Å². The average molecular weight is 256 g/mol. The van der Waals surface area contributed by atoms with Crippen molar-refractivity contribution in [1.29, 1.82) is 0 Å². The van der Waals surface area contributed by atoms with Gasteiger partial charge in [0.15, 0.2) is 0 Å². The molecule has 0 aromatic rings. The third kappa shape index (κ3) is 3.28. The molecule has 1 rings (SSSR count). The molecular formula is C12H20N2O2S. The predicted octanol–water partition coefficient (Wildman–Crippen LogP) is 1.26. The number of rotatable bonds is 4. The normalized spacial score (nSPS) is 20.4. The molecule has 0 bridgehead atoms. The fourth-order valence-electron chi connectivity index (χ4n) is 1.86. The minimum atomic E-state index is -3.36. The van der Waals surface area contributed by atoms with Gasteiger partial charge in [0, 0.05) is 26.2 Å². The van der Waals surface area contributed by atoms with Crippen LogP contribution in [-0.2, 0) is 10.0 Å². The lowest BCUT2D eigenvalue weighted by Gasteiger charge is -2.27. The molecule has 1 fully saturated rings. The summed E-state index contributed by atoms with van der Waals surface area (Å²) in [5.41, 5.74) is 0.723. The van der Waals surface area contributed by atoms with Crippen LogP contribution in [-0.4, -0.2) is 38.9 Å². The SMILES string of the molecule is C=C/C=C(C)/C(=C\C)S(=O)(=O)N1CCNCC1. The smallest absolute Gasteiger partial charge is 0.243 e. The Labute approximate surface area is 104 Å². The van der Waals surface area contributed by atoms with E-state index < -0.39 is 10.0 Å². The predicted molar refractivity (Wildman–Crippen MR) is 71.1 cm³/mol. The van der Waals surface area contributed by atoms with E-state index in [2.05, 4.69) is 11.9 Å². The third-order valence-electron chi connectivity index (χ3n) is 2.71. The number of sulfonamides is 1. The van der Waals surface area contributed by atoms with Crippen molar-refractivity contribution >= 4 is 10.0 Å². The Morgan fingerprint density at radius 2 is 1.94 bits per heavy atom. The molecule has 0 aromatic heterocycles. The van der Waals surface area contributed by atoms with Gasteiger partial charge >= 0.3 is 0 Å². The fourth-order valence-corrected chi connectivity index (χ4v) is 3.58. The van der Waals surface area contributed by atoms with Crippen LogP contribution in [0.15, 0.2) is 35.3 Å². The molecule has 1 aliphatic heterocycles. The summed E-state index contributed by atoms with van der Waals surface area (Å²) in [5, 5.41) is 3.14. The number of hydrogen-bond acceptors (Lipinski definition) is 3. The lowest BCUT2D eigenvalue weighted by atomic mass is 10.2. The van der Waals surface area contributed by atoms with E-state index in [4.69, 9.17) is 0 Å². The van der Waals surface area contributed by atoms with E-state index in [1.807, 2.05) is 0 Å². The van der Waals surface area contributed by atoms with Crippen LogP contribution < -0.4 is 5.32 Å². The Morgan fingerprint density at radius 1 is 1.35 bits per heavy atom. The summed E-state index contributed by atoms with van der Waals surface area (Å²) in [5.74, 6) is 0. The maximum atomic E-state index is 12.4. The molecule has 0 radical (unpaired) electrons. The van der Waals surface area contributed by atoms with E-state index in [1.54, 1.807) is 32.1 Å². The summed E-state index contributed by atoms with van der Waals surface area (Å²) in [7, 11) is -3.36. The van der Waals surface area contributed by atoms with Crippen molar-refractivity contribution in [3.05, 3.63) is 35.3 Å². The number of hydrogen-bond donors (Lipinski definition) is 1. The molecule has 1 saturated heterocycles. The van der Waals surface area contributed by atoms with Gasteiger partial charge in [0.1, 0.15) is 0 Å². The zero-order valence-corrected chi connectivity index (χ0v) is 11.3. The molecule has 17 heavy (non-hydrogen) atoms. The maximum absolute atomic E-state index is 12.4. The number of nitrogens with one attached hydrogen (secondary N) is 1. The van der Waals surface area contributed by atoms with Gasteiger partial charge in [0.05, 0.1) is 4.91 Å². The third-order valence-corrected chi connectivity index (χ3v) is 4.87. The number of nitrogens with zero attached hydrogens (tertiary/aromatic N) is 1. The minimum absolute atomic E-state index is 0.374. The van der Waals surface area contributed by atoms with Crippen molar-refractivity contribution in [2.45, 2.75) is 13.8 Å². The summed E-state index contributed by atoms with van der Waals surface area (Å²) in [6.07, 6.45) is 4.97. The topological polar surface area (TPSA) is 49.4 Å². The summed E-state index contributed by atoms with van der Waals surface area (Å²) < 4.78 is 26.3. The van der Waals surface area contributed by atoms with Crippen LogP contribution in [0.3, 0.4) is 0 Å². The van der Waals surface area contributed by atoms with Gasteiger partial charge in [-0.25, -0.2) is 8.42 Å². The largest absolute Gasteiger partial charge is 0.314 e. The van der Waals surface area contributed by atoms with E-state index in [-0.39, 0.29) is 0 Å². The van der Waals surface area contributed by atoms with Crippen molar-refractivity contribution in [2.24, 2.45) is 0 Å². The summed E-state index contributed by atoms with van der Waals surface area (Å²) >= 11 is 0. The second kappa shape index (κ2) is 6.14. The molecule has 1 aliphatic rings. The zero-order valence-electron chi connectivity index (χ0n) is 10.4. The molecule has 0 saturated carbocycles. The monoisotopic (exact) mass is 256 g/mol. The van der Waals surface area contributed by atoms with Crippen LogP contribution in [0, 0.1) is 0 Å². The molecule has 0 amide bonds. The highest BCUT2D eigenvalue weighted by atomic mass is 32.2. The lowest BCUT2D eigenvalue weighted by Crippen LogP contribution is -2.46. The first-order valence-electron chi connectivity index (χ1n) is 5.71. The van der Waals surface area contributed by atoms with E-state index in [9.17, 15) is 8.42 Å². The Hall–Kier alpha value is -0.910. The molecule has 0 atom stereocenters. The van der Waals surface area contributed by atoms with Gasteiger partial charge in [0.25, 0.3) is 0 Å². The lowest BCUT2D eigenvalue weighted by molar-refractivity contribution is 0.363. The van der Waals surface area contributed by atoms with Gasteiger partial charge in [-0.15, -0.1) is 0 Å². The maximum Gasteiger partial charge on any atom is 0.243 e. The molecule has 4 nitrogen and oxygen atoms in total. The molecule has 1 N–H and O–H groups in total. The summed E-state index contributed by atoms with van der Waals surface area (Å²) in [6.45, 7) is 9.60. The van der Waals surface area contributed by atoms with Gasteiger partial charge in [-0.3, -0.25) is 0 Å². The first-order valence-corrected chi connectivity index (χ1v) is 7.15. The Balaban J connectivity index is 3.02. The van der Waals surface area contributed by atoms with Crippen molar-refractivity contribution in [3.8, 4) is 0 Å². The van der Waals surface area contributed by atoms with Crippen molar-refractivity contribution in [3.63, 3.8) is 0 Å². The molecular weight excluding hydrogens is 236 g/mol. The highest BCUT2D eigenvalue weighted by Gasteiger charge is 2.27. The molecule has 0 unspecified atom stereocenters. The van der Waals surface area contributed by atoms with Gasteiger partial charge in [-0.2, -0.15) is 4.31 Å². The van der Waals surface area contributed by atoms with Gasteiger partial charge in [-0.05, 0) is 19.4 Å². The highest BCUT2D eigenvalue weighted by molar-refractivity contribution is 7.93. The van der Waals surface area contributed by atoms with Crippen LogP contribution >= 0.6 is 0 Å². The van der Waals surface area contributed by atoms with Crippen molar-refractivity contribution < 1.29 is 8.42 Å². The van der Waals surface area contributed by atoms with E-state index >= 15 is 0 Å². The van der Waals surface area contributed by atoms with Crippen LogP contribution in [0.2, 0.25) is 0 Å². The van der Waals surface area contributed by atoms with Gasteiger partial charge < -0.3 is 5.32 Å². The van der Waals surface area contributed by atoms with E-state index in [0.717, 1.165) is 5.57 Å². The molecule has 0 aliphatic carbocycles. The molecule has 0 aromatic carbocycles. The Kier molecular flexibility index (Phi) is 5.11. The first-order chi connectivity index (χ1) is 8.04. The molecule has 1 heterocycles.